The van der Waals surface area contributed by atoms with Crippen molar-refractivity contribution in [3.63, 3.8) is 0 Å². The monoisotopic (exact) mass is 237 g/mol. The second-order valence-electron chi connectivity index (χ2n) is 4.96. The van der Waals surface area contributed by atoms with Gasteiger partial charge in [-0.25, -0.2) is 0 Å². The van der Waals surface area contributed by atoms with Crippen molar-refractivity contribution >= 4 is 17.6 Å². The van der Waals surface area contributed by atoms with E-state index in [1.165, 1.54) is 5.56 Å². The van der Waals surface area contributed by atoms with Crippen molar-refractivity contribution in [3.8, 4) is 0 Å². The Morgan fingerprint density at radius 3 is 2.44 bits per heavy atom. The number of aryl methyl sites for hydroxylation is 2. The van der Waals surface area contributed by atoms with Gasteiger partial charge in [-0.1, -0.05) is 28.2 Å². The highest BCUT2D eigenvalue weighted by Gasteiger charge is 2.25. The molecule has 0 heterocycles. The molecule has 0 spiro atoms. The number of hydrogen-bond acceptors (Lipinski definition) is 2. The highest BCUT2D eigenvalue weighted by Crippen LogP contribution is 2.17. The SMILES string of the molecule is Cc1ccc(C)c(C=N[S@@+]([O-])C(C)(C)C)c1. The Balaban J connectivity index is 2.88. The van der Waals surface area contributed by atoms with Gasteiger partial charge in [-0.15, -0.1) is 0 Å². The first kappa shape index (κ1) is 13.3. The molecule has 1 rings (SSSR count). The van der Waals surface area contributed by atoms with Gasteiger partial charge in [-0.2, -0.15) is 0 Å². The summed E-state index contributed by atoms with van der Waals surface area (Å²) in [6, 6.07) is 6.17. The average Bonchev–Trinajstić information content (AvgIpc) is 2.17. The molecule has 88 valence electrons. The first-order valence-corrected chi connectivity index (χ1v) is 6.45. The number of benzene rings is 1. The summed E-state index contributed by atoms with van der Waals surface area (Å²) in [5, 5.41) is 0. The molecule has 0 aromatic heterocycles. The molecule has 0 saturated heterocycles. The van der Waals surface area contributed by atoms with Gasteiger partial charge >= 0.3 is 0 Å². The van der Waals surface area contributed by atoms with Gasteiger partial charge in [0.05, 0.1) is 6.21 Å². The molecule has 2 nitrogen and oxygen atoms in total. The van der Waals surface area contributed by atoms with Crippen molar-refractivity contribution in [1.82, 2.24) is 0 Å². The quantitative estimate of drug-likeness (QED) is 0.574. The summed E-state index contributed by atoms with van der Waals surface area (Å²) in [6.45, 7) is 9.83. The lowest BCUT2D eigenvalue weighted by Gasteiger charge is -2.17. The topological polar surface area (TPSA) is 35.4 Å². The molecular weight excluding hydrogens is 218 g/mol. The van der Waals surface area contributed by atoms with Crippen molar-refractivity contribution in [2.75, 3.05) is 0 Å². The van der Waals surface area contributed by atoms with Gasteiger partial charge < -0.3 is 4.55 Å². The number of rotatable bonds is 2. The van der Waals surface area contributed by atoms with Crippen molar-refractivity contribution in [3.05, 3.63) is 34.9 Å². The minimum atomic E-state index is -1.18. The van der Waals surface area contributed by atoms with Crippen LogP contribution >= 0.6 is 0 Å². The van der Waals surface area contributed by atoms with Crippen LogP contribution in [0.25, 0.3) is 0 Å². The lowest BCUT2D eigenvalue weighted by molar-refractivity contribution is 0.562. The molecule has 0 N–H and O–H groups in total. The summed E-state index contributed by atoms with van der Waals surface area (Å²) in [4.78, 5) is 0. The van der Waals surface area contributed by atoms with E-state index < -0.39 is 11.4 Å². The van der Waals surface area contributed by atoms with Crippen LogP contribution in [0.5, 0.6) is 0 Å². The zero-order valence-electron chi connectivity index (χ0n) is 10.6. The normalized spacial score (nSPS) is 14.4. The summed E-state index contributed by atoms with van der Waals surface area (Å²) >= 11 is -1.18. The van der Waals surface area contributed by atoms with Gasteiger partial charge in [0.25, 0.3) is 0 Å². The van der Waals surface area contributed by atoms with Crippen LogP contribution in [0.1, 0.15) is 37.5 Å². The second-order valence-corrected chi connectivity index (χ2v) is 6.89. The van der Waals surface area contributed by atoms with Crippen LogP contribution in [0.2, 0.25) is 0 Å². The van der Waals surface area contributed by atoms with Crippen LogP contribution in [-0.2, 0) is 11.4 Å². The summed E-state index contributed by atoms with van der Waals surface area (Å²) < 4.78 is 15.6. The molecule has 3 heteroatoms. The number of hydrogen-bond donors (Lipinski definition) is 0. The third-order valence-corrected chi connectivity index (χ3v) is 3.59. The fourth-order valence-electron chi connectivity index (χ4n) is 1.16. The molecule has 1 aromatic carbocycles. The van der Waals surface area contributed by atoms with E-state index in [0.717, 1.165) is 11.1 Å². The molecule has 16 heavy (non-hydrogen) atoms. The third-order valence-electron chi connectivity index (χ3n) is 2.25. The zero-order valence-corrected chi connectivity index (χ0v) is 11.4. The smallest absolute Gasteiger partial charge is 0.144 e. The molecule has 0 radical (unpaired) electrons. The predicted octanol–water partition coefficient (Wildman–Crippen LogP) is 3.18. The summed E-state index contributed by atoms with van der Waals surface area (Å²) in [7, 11) is 0. The average molecular weight is 237 g/mol. The van der Waals surface area contributed by atoms with Crippen molar-refractivity contribution in [2.24, 2.45) is 4.40 Å². The van der Waals surface area contributed by atoms with Crippen LogP contribution in [0.15, 0.2) is 22.6 Å². The lowest BCUT2D eigenvalue weighted by atomic mass is 10.1. The van der Waals surface area contributed by atoms with Gasteiger partial charge in [0.1, 0.15) is 16.1 Å². The number of nitrogens with zero attached hydrogens (tertiary/aromatic N) is 1. The third kappa shape index (κ3) is 3.65. The molecule has 1 aromatic rings. The molecule has 1 atom stereocenters. The molecule has 0 amide bonds. The molecule has 0 aliphatic carbocycles. The van der Waals surface area contributed by atoms with Crippen LogP contribution < -0.4 is 0 Å². The molecule has 0 fully saturated rings. The molecular formula is C13H19NOS. The first-order chi connectivity index (χ1) is 7.30. The fourth-order valence-corrected chi connectivity index (χ4v) is 1.69. The van der Waals surface area contributed by atoms with E-state index in [-0.39, 0.29) is 4.75 Å². The van der Waals surface area contributed by atoms with E-state index in [4.69, 9.17) is 0 Å². The summed E-state index contributed by atoms with van der Waals surface area (Å²) in [5.74, 6) is 0. The Hall–Kier alpha value is -0.800. The van der Waals surface area contributed by atoms with Gasteiger partial charge in [0, 0.05) is 5.56 Å². The Kier molecular flexibility index (Phi) is 4.16. The van der Waals surface area contributed by atoms with Crippen LogP contribution in [0.3, 0.4) is 0 Å². The fraction of sp³-hybridized carbons (Fsp3) is 0.462. The molecule has 0 unspecified atom stereocenters. The van der Waals surface area contributed by atoms with Crippen LogP contribution in [0, 0.1) is 13.8 Å². The summed E-state index contributed by atoms with van der Waals surface area (Å²) in [5.41, 5.74) is 3.38. The van der Waals surface area contributed by atoms with Crippen LogP contribution in [-0.4, -0.2) is 15.5 Å². The Bertz CT molecular complexity index is 393. The Morgan fingerprint density at radius 2 is 1.88 bits per heavy atom. The first-order valence-electron chi connectivity index (χ1n) is 5.34. The maximum absolute atomic E-state index is 11.7. The van der Waals surface area contributed by atoms with Crippen molar-refractivity contribution in [2.45, 2.75) is 39.4 Å². The van der Waals surface area contributed by atoms with Gasteiger partial charge in [-0.3, -0.25) is 0 Å². The minimum absolute atomic E-state index is 0.297. The van der Waals surface area contributed by atoms with E-state index in [9.17, 15) is 4.55 Å². The highest BCUT2D eigenvalue weighted by atomic mass is 32.2. The lowest BCUT2D eigenvalue weighted by Crippen LogP contribution is -2.25. The van der Waals surface area contributed by atoms with Gasteiger partial charge in [0.2, 0.25) is 0 Å². The maximum atomic E-state index is 11.7. The zero-order chi connectivity index (χ0) is 12.3. The largest absolute Gasteiger partial charge is 0.591 e. The second kappa shape index (κ2) is 5.02. The van der Waals surface area contributed by atoms with Crippen LogP contribution in [0.4, 0.5) is 0 Å². The predicted molar refractivity (Wildman–Crippen MR) is 71.4 cm³/mol. The van der Waals surface area contributed by atoms with E-state index in [1.54, 1.807) is 6.21 Å². The van der Waals surface area contributed by atoms with E-state index >= 15 is 0 Å². The minimum Gasteiger partial charge on any atom is -0.591 e. The van der Waals surface area contributed by atoms with E-state index in [2.05, 4.69) is 22.6 Å². The van der Waals surface area contributed by atoms with E-state index in [1.807, 2.05) is 34.6 Å². The Morgan fingerprint density at radius 1 is 1.25 bits per heavy atom. The standard InChI is InChI=1S/C13H19NOS/c1-10-6-7-11(2)12(8-10)9-14-16(15)13(3,4)5/h6-9H,1-5H3/t16-/m0/s1. The van der Waals surface area contributed by atoms with Crippen molar-refractivity contribution < 1.29 is 4.55 Å². The molecule has 0 aliphatic rings. The molecule has 0 saturated carbocycles. The Labute approximate surface area is 101 Å². The summed E-state index contributed by atoms with van der Waals surface area (Å²) in [6.07, 6.45) is 1.71. The van der Waals surface area contributed by atoms with Crippen molar-refractivity contribution in [1.29, 1.82) is 0 Å². The van der Waals surface area contributed by atoms with E-state index in [0.29, 0.717) is 0 Å². The maximum Gasteiger partial charge on any atom is 0.144 e. The molecule has 0 aliphatic heterocycles. The highest BCUT2D eigenvalue weighted by molar-refractivity contribution is 7.91. The van der Waals surface area contributed by atoms with Gasteiger partial charge in [-0.05, 0) is 40.2 Å². The molecule has 0 bridgehead atoms. The van der Waals surface area contributed by atoms with Gasteiger partial charge in [0.15, 0.2) is 0 Å².